The van der Waals surface area contributed by atoms with Crippen LogP contribution in [0, 0.1) is 20.8 Å². The normalized spacial score (nSPS) is 11.8. The van der Waals surface area contributed by atoms with Crippen molar-refractivity contribution in [3.63, 3.8) is 0 Å². The summed E-state index contributed by atoms with van der Waals surface area (Å²) in [4.78, 5) is 12.0. The molecule has 3 rings (SSSR count). The van der Waals surface area contributed by atoms with Crippen LogP contribution in [0.5, 0.6) is 0 Å². The Bertz CT molecular complexity index is 890. The lowest BCUT2D eigenvalue weighted by atomic mass is 10.3. The van der Waals surface area contributed by atoms with Crippen LogP contribution in [0.4, 0.5) is 0 Å². The minimum atomic E-state index is 0.487. The van der Waals surface area contributed by atoms with Crippen molar-refractivity contribution < 1.29 is 0 Å². The fraction of sp³-hybridized carbons (Fsp3) is 0.474. The Kier molecular flexibility index (Phi) is 7.16. The van der Waals surface area contributed by atoms with E-state index in [0.717, 1.165) is 54.2 Å². The lowest BCUT2D eigenvalue weighted by Crippen LogP contribution is -2.39. The fourth-order valence-electron chi connectivity index (χ4n) is 2.61. The molecule has 0 unspecified atom stereocenters. The lowest BCUT2D eigenvalue weighted by Gasteiger charge is -2.12. The van der Waals surface area contributed by atoms with Gasteiger partial charge in [0.05, 0.1) is 10.7 Å². The van der Waals surface area contributed by atoms with E-state index in [-0.39, 0.29) is 0 Å². The van der Waals surface area contributed by atoms with Crippen molar-refractivity contribution in [2.24, 2.45) is 12.0 Å². The van der Waals surface area contributed by atoms with Crippen LogP contribution in [0.3, 0.4) is 0 Å². The van der Waals surface area contributed by atoms with Crippen LogP contribution in [0.1, 0.15) is 32.1 Å². The van der Waals surface area contributed by atoms with Crippen LogP contribution in [-0.4, -0.2) is 38.8 Å². The monoisotopic (exact) mass is 417 g/mol. The first kappa shape index (κ1) is 20.5. The van der Waals surface area contributed by atoms with Gasteiger partial charge < -0.3 is 15.2 Å². The van der Waals surface area contributed by atoms with Crippen LogP contribution >= 0.6 is 22.7 Å². The quantitative estimate of drug-likeness (QED) is 0.435. The molecule has 3 heterocycles. The van der Waals surface area contributed by atoms with Crippen LogP contribution in [0.25, 0.3) is 0 Å². The van der Waals surface area contributed by atoms with Crippen molar-refractivity contribution in [1.29, 1.82) is 0 Å². The van der Waals surface area contributed by atoms with Gasteiger partial charge in [0.2, 0.25) is 0 Å². The Balaban J connectivity index is 1.57. The molecule has 3 aromatic rings. The molecule has 0 aliphatic heterocycles. The van der Waals surface area contributed by atoms with Gasteiger partial charge in [-0.05, 0) is 38.6 Å². The summed E-state index contributed by atoms with van der Waals surface area (Å²) in [5, 5.41) is 18.4. The van der Waals surface area contributed by atoms with Crippen LogP contribution in [0.2, 0.25) is 0 Å². The molecule has 7 nitrogen and oxygen atoms in total. The molecule has 0 spiro atoms. The molecule has 0 aromatic carbocycles. The van der Waals surface area contributed by atoms with Gasteiger partial charge in [0.25, 0.3) is 0 Å². The minimum Gasteiger partial charge on any atom is -0.356 e. The number of thiophene rings is 1. The molecule has 150 valence electrons. The van der Waals surface area contributed by atoms with E-state index in [1.54, 1.807) is 22.7 Å². The molecule has 3 aromatic heterocycles. The third kappa shape index (κ3) is 5.62. The SMILES string of the molecule is Cc1nc(CCNC(=NCc2nnc(C)n2C)NCCc2cccs2)sc1C. The summed E-state index contributed by atoms with van der Waals surface area (Å²) in [5.41, 5.74) is 1.13. The number of aliphatic imine (C=N–C) groups is 1. The predicted octanol–water partition coefficient (Wildman–Crippen LogP) is 2.78. The summed E-state index contributed by atoms with van der Waals surface area (Å²) in [6.07, 6.45) is 1.86. The maximum absolute atomic E-state index is 4.70. The van der Waals surface area contributed by atoms with Crippen molar-refractivity contribution >= 4 is 28.6 Å². The number of hydrogen-bond donors (Lipinski definition) is 2. The molecule has 0 aliphatic carbocycles. The second-order valence-electron chi connectivity index (χ2n) is 6.57. The van der Waals surface area contributed by atoms with Gasteiger partial charge in [0, 0.05) is 36.3 Å². The van der Waals surface area contributed by atoms with Crippen LogP contribution < -0.4 is 10.6 Å². The number of aromatic nitrogens is 4. The van der Waals surface area contributed by atoms with E-state index < -0.39 is 0 Å². The first-order valence-corrected chi connectivity index (χ1v) is 11.0. The first-order chi connectivity index (χ1) is 13.5. The summed E-state index contributed by atoms with van der Waals surface area (Å²) in [5.74, 6) is 2.53. The largest absolute Gasteiger partial charge is 0.356 e. The zero-order valence-electron chi connectivity index (χ0n) is 16.8. The van der Waals surface area contributed by atoms with E-state index in [1.165, 1.54) is 9.75 Å². The molecule has 9 heteroatoms. The van der Waals surface area contributed by atoms with Gasteiger partial charge in [-0.3, -0.25) is 0 Å². The highest BCUT2D eigenvalue weighted by Gasteiger charge is 2.07. The zero-order valence-corrected chi connectivity index (χ0v) is 18.5. The van der Waals surface area contributed by atoms with Gasteiger partial charge >= 0.3 is 0 Å². The van der Waals surface area contributed by atoms with Gasteiger partial charge in [0.1, 0.15) is 12.4 Å². The average molecular weight is 418 g/mol. The Morgan fingerprint density at radius 2 is 1.93 bits per heavy atom. The topological polar surface area (TPSA) is 80.0 Å². The summed E-state index contributed by atoms with van der Waals surface area (Å²) >= 11 is 3.55. The van der Waals surface area contributed by atoms with Gasteiger partial charge in [-0.1, -0.05) is 6.07 Å². The predicted molar refractivity (Wildman–Crippen MR) is 116 cm³/mol. The number of thiazole rings is 1. The number of guanidine groups is 1. The molecule has 0 atom stereocenters. The summed E-state index contributed by atoms with van der Waals surface area (Å²) in [6, 6.07) is 4.24. The third-order valence-corrected chi connectivity index (χ3v) is 6.58. The first-order valence-electron chi connectivity index (χ1n) is 9.35. The van der Waals surface area contributed by atoms with Crippen molar-refractivity contribution in [3.8, 4) is 0 Å². The van der Waals surface area contributed by atoms with E-state index in [1.807, 2.05) is 18.5 Å². The highest BCUT2D eigenvalue weighted by atomic mass is 32.1. The second kappa shape index (κ2) is 9.79. The third-order valence-electron chi connectivity index (χ3n) is 4.51. The van der Waals surface area contributed by atoms with Crippen molar-refractivity contribution in [2.75, 3.05) is 13.1 Å². The molecular formula is C19H27N7S2. The number of nitrogens with zero attached hydrogens (tertiary/aromatic N) is 5. The molecule has 0 radical (unpaired) electrons. The molecule has 28 heavy (non-hydrogen) atoms. The highest BCUT2D eigenvalue weighted by Crippen LogP contribution is 2.16. The second-order valence-corrected chi connectivity index (χ2v) is 8.89. The fourth-order valence-corrected chi connectivity index (χ4v) is 4.25. The van der Waals surface area contributed by atoms with Gasteiger partial charge in [-0.25, -0.2) is 9.98 Å². The van der Waals surface area contributed by atoms with Crippen molar-refractivity contribution in [1.82, 2.24) is 30.4 Å². The van der Waals surface area contributed by atoms with E-state index in [4.69, 9.17) is 4.99 Å². The highest BCUT2D eigenvalue weighted by molar-refractivity contribution is 7.11. The zero-order chi connectivity index (χ0) is 19.9. The van der Waals surface area contributed by atoms with E-state index >= 15 is 0 Å². The Hall–Kier alpha value is -2.26. The molecule has 0 aliphatic rings. The van der Waals surface area contributed by atoms with Gasteiger partial charge in [0.15, 0.2) is 11.8 Å². The van der Waals surface area contributed by atoms with E-state index in [0.29, 0.717) is 6.54 Å². The van der Waals surface area contributed by atoms with E-state index in [2.05, 4.69) is 57.2 Å². The molecule has 0 bridgehead atoms. The van der Waals surface area contributed by atoms with Gasteiger partial charge in [-0.15, -0.1) is 32.9 Å². The van der Waals surface area contributed by atoms with Crippen LogP contribution in [-0.2, 0) is 26.4 Å². The maximum Gasteiger partial charge on any atom is 0.191 e. The van der Waals surface area contributed by atoms with Crippen LogP contribution in [0.15, 0.2) is 22.5 Å². The molecular weight excluding hydrogens is 390 g/mol. The number of rotatable bonds is 8. The minimum absolute atomic E-state index is 0.487. The maximum atomic E-state index is 4.70. The number of nitrogens with one attached hydrogen (secondary N) is 2. The molecule has 0 fully saturated rings. The standard InChI is InChI=1S/C19H27N7S2/c1-13-14(2)28-18(23-13)8-10-21-19(20-9-7-16-6-5-11-27-16)22-12-17-25-24-15(3)26(17)4/h5-6,11H,7-10,12H2,1-4H3,(H2,20,21,22). The number of hydrogen-bond acceptors (Lipinski definition) is 6. The molecule has 2 N–H and O–H groups in total. The molecule has 0 saturated carbocycles. The smallest absolute Gasteiger partial charge is 0.191 e. The van der Waals surface area contributed by atoms with Gasteiger partial charge in [-0.2, -0.15) is 0 Å². The lowest BCUT2D eigenvalue weighted by molar-refractivity contribution is 0.745. The summed E-state index contributed by atoms with van der Waals surface area (Å²) < 4.78 is 1.97. The number of aryl methyl sites for hydroxylation is 3. The summed E-state index contributed by atoms with van der Waals surface area (Å²) in [7, 11) is 1.96. The van der Waals surface area contributed by atoms with Crippen molar-refractivity contribution in [2.45, 2.75) is 40.2 Å². The molecule has 0 amide bonds. The van der Waals surface area contributed by atoms with Crippen molar-refractivity contribution in [3.05, 3.63) is 49.6 Å². The summed E-state index contributed by atoms with van der Waals surface area (Å²) in [6.45, 7) is 8.23. The molecule has 0 saturated heterocycles. The Morgan fingerprint density at radius 3 is 2.54 bits per heavy atom. The Morgan fingerprint density at radius 1 is 1.14 bits per heavy atom. The van der Waals surface area contributed by atoms with E-state index in [9.17, 15) is 0 Å². The Labute approximate surface area is 174 Å². The average Bonchev–Trinajstić information content (AvgIpc) is 3.37.